The van der Waals surface area contributed by atoms with Crippen molar-refractivity contribution in [3.8, 4) is 5.75 Å². The molecule has 0 aliphatic carbocycles. The first-order chi connectivity index (χ1) is 10.4. The Kier molecular flexibility index (Phi) is 3.83. The Bertz CT molecular complexity index is 699. The number of allylic oxidation sites excluding steroid dienone is 1. The Morgan fingerprint density at radius 2 is 1.73 bits per heavy atom. The second kappa shape index (κ2) is 5.65. The van der Waals surface area contributed by atoms with E-state index in [-0.39, 0.29) is 5.92 Å². The zero-order valence-electron chi connectivity index (χ0n) is 13.6. The normalized spacial score (nSPS) is 17.3. The molecule has 0 amide bonds. The number of hydrogen-bond donors (Lipinski definition) is 0. The Labute approximate surface area is 133 Å². The van der Waals surface area contributed by atoms with Crippen molar-refractivity contribution in [3.05, 3.63) is 77.2 Å². The average molecular weight is 310 g/mol. The monoisotopic (exact) mass is 310 g/mol. The van der Waals surface area contributed by atoms with Crippen LogP contribution >= 0.6 is 0 Å². The van der Waals surface area contributed by atoms with Crippen LogP contribution in [0.5, 0.6) is 5.75 Å². The van der Waals surface area contributed by atoms with E-state index in [1.54, 1.807) is 0 Å². The molecule has 1 atom stereocenters. The Balaban J connectivity index is 2.06. The first-order valence-corrected chi connectivity index (χ1v) is 11.1. The molecule has 3 rings (SSSR count). The maximum absolute atomic E-state index is 6.10. The van der Waals surface area contributed by atoms with E-state index in [9.17, 15) is 0 Å². The van der Waals surface area contributed by atoms with E-state index >= 15 is 0 Å². The van der Waals surface area contributed by atoms with Gasteiger partial charge in [0.25, 0.3) is 5.95 Å². The molecular weight excluding hydrogens is 288 g/mol. The Hall–Kier alpha value is -2.00. The molecule has 0 saturated carbocycles. The smallest absolute Gasteiger partial charge is 0.267 e. The lowest BCUT2D eigenvalue weighted by atomic mass is 9.88. The maximum atomic E-state index is 6.10. The van der Waals surface area contributed by atoms with Gasteiger partial charge in [0.05, 0.1) is 0 Å². The fourth-order valence-corrected chi connectivity index (χ4v) is 3.38. The second-order valence-electron chi connectivity index (χ2n) is 6.73. The molecule has 1 aliphatic heterocycles. The minimum atomic E-state index is -1.70. The summed E-state index contributed by atoms with van der Waals surface area (Å²) in [6.45, 7) is 8.61. The predicted octanol–water partition coefficient (Wildman–Crippen LogP) is 5.21. The summed E-state index contributed by atoms with van der Waals surface area (Å²) < 4.78 is 12.1. The summed E-state index contributed by atoms with van der Waals surface area (Å²) in [6, 6.07) is 16.8. The van der Waals surface area contributed by atoms with Gasteiger partial charge in [0.1, 0.15) is 5.75 Å². The molecule has 0 bridgehead atoms. The van der Waals surface area contributed by atoms with E-state index in [0.717, 1.165) is 5.75 Å². The standard InChI is InChI=1S/C19H22O2Si/c1-14-10-11-18-17(12-14)16(15-8-6-5-7-9-15)13-19(20-18)21-22(2,3)4/h5-13,16H,1-4H3. The van der Waals surface area contributed by atoms with E-state index in [1.807, 2.05) is 12.1 Å². The molecule has 22 heavy (non-hydrogen) atoms. The van der Waals surface area contributed by atoms with E-state index in [4.69, 9.17) is 9.16 Å². The lowest BCUT2D eigenvalue weighted by Crippen LogP contribution is -2.28. The molecule has 0 radical (unpaired) electrons. The maximum Gasteiger partial charge on any atom is 0.267 e. The van der Waals surface area contributed by atoms with Crippen molar-refractivity contribution in [2.75, 3.05) is 0 Å². The number of benzene rings is 2. The fraction of sp³-hybridized carbons (Fsp3) is 0.263. The van der Waals surface area contributed by atoms with Gasteiger partial charge >= 0.3 is 0 Å². The Morgan fingerprint density at radius 3 is 2.41 bits per heavy atom. The summed E-state index contributed by atoms with van der Waals surface area (Å²) in [7, 11) is -1.70. The highest BCUT2D eigenvalue weighted by Gasteiger charge is 2.27. The molecular formula is C19H22O2Si. The van der Waals surface area contributed by atoms with Gasteiger partial charge in [0, 0.05) is 17.6 Å². The summed E-state index contributed by atoms with van der Waals surface area (Å²) in [5.41, 5.74) is 3.70. The molecule has 0 spiro atoms. The molecule has 2 aromatic carbocycles. The van der Waals surface area contributed by atoms with Gasteiger partial charge in [-0.15, -0.1) is 0 Å². The molecule has 2 aromatic rings. The van der Waals surface area contributed by atoms with Gasteiger partial charge < -0.3 is 9.16 Å². The quantitative estimate of drug-likeness (QED) is 0.724. The molecule has 114 valence electrons. The number of hydrogen-bond acceptors (Lipinski definition) is 2. The third-order valence-corrected chi connectivity index (χ3v) is 4.39. The van der Waals surface area contributed by atoms with E-state index in [1.165, 1.54) is 16.7 Å². The van der Waals surface area contributed by atoms with Crippen molar-refractivity contribution in [3.63, 3.8) is 0 Å². The van der Waals surface area contributed by atoms with Crippen LogP contribution in [0.2, 0.25) is 19.6 Å². The lowest BCUT2D eigenvalue weighted by Gasteiger charge is -2.29. The molecule has 0 N–H and O–H groups in total. The second-order valence-corrected chi connectivity index (χ2v) is 11.2. The Morgan fingerprint density at radius 1 is 1.00 bits per heavy atom. The van der Waals surface area contributed by atoms with Gasteiger partial charge in [0.2, 0.25) is 8.32 Å². The van der Waals surface area contributed by atoms with Gasteiger partial charge in [-0.3, -0.25) is 0 Å². The summed E-state index contributed by atoms with van der Waals surface area (Å²) >= 11 is 0. The number of rotatable bonds is 3. The van der Waals surface area contributed by atoms with E-state index in [0.29, 0.717) is 5.95 Å². The van der Waals surface area contributed by atoms with Crippen LogP contribution < -0.4 is 4.74 Å². The zero-order valence-corrected chi connectivity index (χ0v) is 14.6. The summed E-state index contributed by atoms with van der Waals surface area (Å²) in [6.07, 6.45) is 2.11. The topological polar surface area (TPSA) is 18.5 Å². The average Bonchev–Trinajstić information content (AvgIpc) is 2.46. The highest BCUT2D eigenvalue weighted by molar-refractivity contribution is 6.70. The number of ether oxygens (including phenoxy) is 1. The highest BCUT2D eigenvalue weighted by atomic mass is 28.4. The van der Waals surface area contributed by atoms with Crippen LogP contribution in [0.25, 0.3) is 0 Å². The van der Waals surface area contributed by atoms with Crippen LogP contribution in [0.15, 0.2) is 60.6 Å². The third kappa shape index (κ3) is 3.25. The molecule has 1 aliphatic rings. The summed E-state index contributed by atoms with van der Waals surface area (Å²) in [4.78, 5) is 0. The molecule has 0 saturated heterocycles. The van der Waals surface area contributed by atoms with Gasteiger partial charge in [-0.1, -0.05) is 48.0 Å². The van der Waals surface area contributed by atoms with Gasteiger partial charge in [-0.25, -0.2) is 0 Å². The van der Waals surface area contributed by atoms with Crippen molar-refractivity contribution in [1.82, 2.24) is 0 Å². The van der Waals surface area contributed by atoms with Gasteiger partial charge in [-0.05, 0) is 38.2 Å². The summed E-state index contributed by atoms with van der Waals surface area (Å²) in [5.74, 6) is 1.72. The van der Waals surface area contributed by atoms with Crippen molar-refractivity contribution in [2.45, 2.75) is 32.5 Å². The fourth-order valence-electron chi connectivity index (χ4n) is 2.66. The van der Waals surface area contributed by atoms with Crippen molar-refractivity contribution in [2.24, 2.45) is 0 Å². The first kappa shape index (κ1) is 14.9. The van der Waals surface area contributed by atoms with Crippen LogP contribution in [-0.2, 0) is 4.43 Å². The molecule has 3 heteroatoms. The van der Waals surface area contributed by atoms with E-state index in [2.05, 4.69) is 69.0 Å². The minimum absolute atomic E-state index is 0.177. The van der Waals surface area contributed by atoms with Crippen LogP contribution in [0.3, 0.4) is 0 Å². The zero-order chi connectivity index (χ0) is 15.7. The van der Waals surface area contributed by atoms with Crippen molar-refractivity contribution in [1.29, 1.82) is 0 Å². The first-order valence-electron chi connectivity index (χ1n) is 7.66. The molecule has 2 nitrogen and oxygen atoms in total. The number of aryl methyl sites for hydroxylation is 1. The van der Waals surface area contributed by atoms with Crippen LogP contribution in [0.4, 0.5) is 0 Å². The van der Waals surface area contributed by atoms with Crippen molar-refractivity contribution >= 4 is 8.32 Å². The minimum Gasteiger partial charge on any atom is -0.520 e. The third-order valence-electron chi connectivity index (χ3n) is 3.58. The highest BCUT2D eigenvalue weighted by Crippen LogP contribution is 2.39. The van der Waals surface area contributed by atoms with Crippen LogP contribution in [0.1, 0.15) is 22.6 Å². The molecule has 0 aromatic heterocycles. The van der Waals surface area contributed by atoms with Gasteiger partial charge in [-0.2, -0.15) is 0 Å². The van der Waals surface area contributed by atoms with Crippen LogP contribution in [0, 0.1) is 6.92 Å². The van der Waals surface area contributed by atoms with Gasteiger partial charge in [0.15, 0.2) is 0 Å². The van der Waals surface area contributed by atoms with Crippen LogP contribution in [-0.4, -0.2) is 8.32 Å². The lowest BCUT2D eigenvalue weighted by molar-refractivity contribution is 0.211. The van der Waals surface area contributed by atoms with E-state index < -0.39 is 8.32 Å². The number of fused-ring (bicyclic) bond motifs is 1. The largest absolute Gasteiger partial charge is 0.520 e. The predicted molar refractivity (Wildman–Crippen MR) is 92.6 cm³/mol. The molecule has 1 unspecified atom stereocenters. The SMILES string of the molecule is Cc1ccc2c(c1)C(c1ccccc1)C=C(O[Si](C)(C)C)O2. The molecule has 1 heterocycles. The van der Waals surface area contributed by atoms with Crippen molar-refractivity contribution < 1.29 is 9.16 Å². The summed E-state index contributed by atoms with van der Waals surface area (Å²) in [5, 5.41) is 0. The molecule has 0 fully saturated rings.